The molecule has 2 fully saturated rings. The van der Waals surface area contributed by atoms with Crippen molar-refractivity contribution in [2.75, 3.05) is 83.6 Å². The minimum atomic E-state index is -3.44. The number of sulfonamides is 1. The smallest absolute Gasteiger partial charge is 0.209 e. The molecule has 0 aliphatic carbocycles. The lowest BCUT2D eigenvalue weighted by Crippen LogP contribution is -2.36. The number of aromatic amines is 8. The number of nitrogens with one attached hydrogen (secondary N) is 9. The highest BCUT2D eigenvalue weighted by atomic mass is 32.2. The topological polar surface area (TPSA) is 465 Å². The second kappa shape index (κ2) is 40.8. The van der Waals surface area contributed by atoms with E-state index in [1.807, 2.05) is 107 Å². The molecule has 0 radical (unpaired) electrons. The molecule has 0 amide bonds. The number of halogens is 4. The third kappa shape index (κ3) is 20.2. The van der Waals surface area contributed by atoms with Crippen molar-refractivity contribution in [3.8, 4) is 135 Å². The number of imidazole rings is 4. The maximum absolute atomic E-state index is 14.8. The quantitative estimate of drug-likeness (QED) is 0.0302. The largest absolute Gasteiger partial charge is 0.378 e. The number of hydrogen-bond donors (Lipinski definition) is 9. The summed E-state index contributed by atoms with van der Waals surface area (Å²) in [4.78, 5) is 98.0. The van der Waals surface area contributed by atoms with Crippen LogP contribution in [0.5, 0.6) is 0 Å². The summed E-state index contributed by atoms with van der Waals surface area (Å²) in [6.07, 6.45) is 42.3. The van der Waals surface area contributed by atoms with E-state index < -0.39 is 21.7 Å². The van der Waals surface area contributed by atoms with Gasteiger partial charge >= 0.3 is 0 Å². The monoisotopic (exact) mass is 2020 g/mol. The molecular weight excluding hydrogens is 1930 g/mol. The number of rotatable bonds is 21. The molecule has 0 unspecified atom stereocenters. The van der Waals surface area contributed by atoms with Crippen LogP contribution in [0.15, 0.2) is 258 Å². The van der Waals surface area contributed by atoms with Crippen LogP contribution in [0.1, 0.15) is 36.0 Å². The van der Waals surface area contributed by atoms with Gasteiger partial charge in [-0.15, -0.1) is 0 Å². The van der Waals surface area contributed by atoms with E-state index in [2.05, 4.69) is 162 Å². The van der Waals surface area contributed by atoms with Crippen LogP contribution in [-0.2, 0) is 34.4 Å². The van der Waals surface area contributed by atoms with Crippen LogP contribution in [0, 0.1) is 23.3 Å². The average molecular weight is 2020 g/mol. The zero-order valence-corrected chi connectivity index (χ0v) is 81.9. The predicted molar refractivity (Wildman–Crippen MR) is 565 cm³/mol. The van der Waals surface area contributed by atoms with Gasteiger partial charge in [0, 0.05) is 235 Å². The van der Waals surface area contributed by atoms with Crippen LogP contribution in [0.2, 0.25) is 0 Å². The molecule has 42 heteroatoms. The number of benzene rings is 3. The number of aromatic nitrogens is 29. The van der Waals surface area contributed by atoms with E-state index in [1.54, 1.807) is 136 Å². The van der Waals surface area contributed by atoms with Gasteiger partial charge in [-0.2, -0.15) is 20.4 Å². The molecule has 23 heterocycles. The first-order valence-electron chi connectivity index (χ1n) is 47.9. The van der Waals surface area contributed by atoms with Gasteiger partial charge < -0.3 is 44.3 Å². The molecule has 26 rings (SSSR count). The Balaban J connectivity index is 0.000000110. The number of anilines is 2. The second-order valence-corrected chi connectivity index (χ2v) is 38.8. The van der Waals surface area contributed by atoms with Crippen molar-refractivity contribution in [1.29, 1.82) is 0 Å². The fraction of sp³-hybridized carbons (Fsp3) is 0.157. The Morgan fingerprint density at radius 2 is 0.667 bits per heavy atom. The van der Waals surface area contributed by atoms with Gasteiger partial charge in [-0.1, -0.05) is 12.1 Å². The molecule has 37 nitrogen and oxygen atoms in total. The third-order valence-electron chi connectivity index (χ3n) is 25.7. The van der Waals surface area contributed by atoms with Crippen LogP contribution in [0.3, 0.4) is 0 Å². The third-order valence-corrected chi connectivity index (χ3v) is 26.4. The average Bonchev–Trinajstić information content (AvgIpc) is 1.62. The summed E-state index contributed by atoms with van der Waals surface area (Å²) in [5.74, 6) is 0.830. The molecule has 2 saturated heterocycles. The Labute approximate surface area is 850 Å². The molecular formula is C108H90F4N34O3S. The number of hydrogen-bond acceptors (Lipinski definition) is 28. The zero-order valence-electron chi connectivity index (χ0n) is 81.1. The van der Waals surface area contributed by atoms with Crippen LogP contribution in [0.4, 0.5) is 28.9 Å². The Morgan fingerprint density at radius 1 is 0.333 bits per heavy atom. The summed E-state index contributed by atoms with van der Waals surface area (Å²) < 4.78 is 88.7. The maximum atomic E-state index is 14.8. The molecule has 0 atom stereocenters. The van der Waals surface area contributed by atoms with E-state index in [0.29, 0.717) is 132 Å². The van der Waals surface area contributed by atoms with E-state index >= 15 is 0 Å². The van der Waals surface area contributed by atoms with Gasteiger partial charge in [-0.05, 0) is 190 Å². The zero-order chi connectivity index (χ0) is 102. The van der Waals surface area contributed by atoms with Crippen molar-refractivity contribution in [3.63, 3.8) is 0 Å². The molecule has 150 heavy (non-hydrogen) atoms. The highest BCUT2D eigenvalue weighted by molar-refractivity contribution is 7.88. The minimum Gasteiger partial charge on any atom is -0.378 e. The lowest BCUT2D eigenvalue weighted by molar-refractivity contribution is 0.122. The van der Waals surface area contributed by atoms with Gasteiger partial charge in [0.25, 0.3) is 0 Å². The Kier molecular flexibility index (Phi) is 25.9. The molecule has 24 aromatic rings. The summed E-state index contributed by atoms with van der Waals surface area (Å²) in [6.45, 7) is 6.10. The Hall–Kier alpha value is -18.5. The summed E-state index contributed by atoms with van der Waals surface area (Å²) in [6, 6.07) is 36.1. The van der Waals surface area contributed by atoms with Crippen LogP contribution >= 0.6 is 0 Å². The van der Waals surface area contributed by atoms with E-state index in [4.69, 9.17) is 24.7 Å². The Bertz CT molecular complexity index is 9300. The van der Waals surface area contributed by atoms with E-state index in [0.717, 1.165) is 198 Å². The molecule has 0 spiro atoms. The van der Waals surface area contributed by atoms with Crippen molar-refractivity contribution < 1.29 is 30.7 Å². The summed E-state index contributed by atoms with van der Waals surface area (Å²) >= 11 is 0. The number of piperidine rings is 1. The molecule has 0 bridgehead atoms. The number of pyridine rings is 13. The second-order valence-electron chi connectivity index (χ2n) is 36.9. The predicted octanol–water partition coefficient (Wildman–Crippen LogP) is 18.5. The van der Waals surface area contributed by atoms with Gasteiger partial charge in [0.2, 0.25) is 10.0 Å². The minimum absolute atomic E-state index is 0.0398. The molecule has 0 saturated carbocycles. The van der Waals surface area contributed by atoms with Gasteiger partial charge in [0.15, 0.2) is 45.9 Å². The van der Waals surface area contributed by atoms with Crippen molar-refractivity contribution >= 4 is 110 Å². The number of fused-ring (bicyclic) bond motifs is 8. The molecule has 3 aromatic carbocycles. The maximum Gasteiger partial charge on any atom is 0.209 e. The number of nitrogens with zero attached hydrogens (tertiary/aromatic N) is 25. The highest BCUT2D eigenvalue weighted by Gasteiger charge is 2.27. The van der Waals surface area contributed by atoms with E-state index in [-0.39, 0.29) is 18.2 Å². The normalized spacial score (nSPS) is 13.0. The number of ether oxygens (including phenoxy) is 1. The molecule has 2 aliphatic heterocycles. The Morgan fingerprint density at radius 3 is 1.05 bits per heavy atom. The standard InChI is InChI=1S/C30H28FN9O.C28H26FN9O2S.C28H23FN8.C22H13FN8/c1-39(2)17-18-7-20(13-32-12-18)21-10-24-28(37-38-29(24)34-14-21)30-35-26-16-33-15-25(27(26)36-30)19-8-22(31)11-23(9-19)40-3-5-41-6-4-40;1-38(2)15-17-5-19(11-30-9-17)20-8-22-26(36-37-27(22)32-12-20)28-34-24-14-31-13-23(25(24)35-28)18-4-16(6-21(29)7-18)10-33-41(3,39)40;29-20-9-18(10-21(12-20)37-7-2-1-3-8-37)23-15-31-16-24-25(23)34-28(33-24)26-22-11-19(14-32-27(22)36-35-26)17-5-4-6-30-13-17;23-15-4-14(7-25-9-15)17-10-26-11-18-19(17)29-22(28-18)20-16-5-13(8-27-21(16)31-30-20)12-2-1-3-24-6-12/h7-16H,3-6,17H2,1-2H3,(H,35,36)(H,34,37,38);4-9,11-14,33H,10,15H2,1-3H3,(H,34,35)(H,32,36,37);4-6,9-16H,1-3,7-8H2,(H,33,34)(H,32,35,36);1-11H,(H,28,29)(H,27,30,31). The first kappa shape index (κ1) is 95.0. The highest BCUT2D eigenvalue weighted by Crippen LogP contribution is 2.42. The van der Waals surface area contributed by atoms with Crippen molar-refractivity contribution in [1.82, 2.24) is 160 Å². The summed E-state index contributed by atoms with van der Waals surface area (Å²) in [7, 11) is 4.65. The van der Waals surface area contributed by atoms with Gasteiger partial charge in [0.1, 0.15) is 51.6 Å². The number of H-pyrrole nitrogens is 8. The first-order chi connectivity index (χ1) is 73.1. The van der Waals surface area contributed by atoms with Crippen molar-refractivity contribution in [2.24, 2.45) is 0 Å². The first-order valence-corrected chi connectivity index (χ1v) is 49.8. The fourth-order valence-electron chi connectivity index (χ4n) is 18.7. The van der Waals surface area contributed by atoms with Crippen LogP contribution in [-0.4, -0.2) is 238 Å². The number of morpholine rings is 1. The van der Waals surface area contributed by atoms with Gasteiger partial charge in [-0.25, -0.2) is 70.6 Å². The molecule has 744 valence electrons. The van der Waals surface area contributed by atoms with E-state index in [1.165, 1.54) is 30.7 Å². The van der Waals surface area contributed by atoms with Crippen molar-refractivity contribution in [3.05, 3.63) is 298 Å². The SMILES string of the molecule is CN(C)Cc1cncc(-c2cnc3n[nH]c(-c4nc5c(-c6cc(F)cc(CNS(C)(=O)=O)c6)cncc5[nH]4)c3c2)c1.CN(C)Cc1cncc(-c2cnc3n[nH]c(-c4nc5c(-c6cc(F)cc(N7CCOCC7)c6)cncc5[nH]4)c3c2)c1.Fc1cc(-c2cncc3[nH]c(-c4[nH]nc5ncc(-c6cccnc6)cc45)nc23)cc(N2CCCCC2)c1.Fc1cncc(-c2cncc3[nH]c(-c4[nH]nc5ncc(-c6cccnc6)cc45)nc23)c1. The molecule has 21 aromatic heterocycles. The van der Waals surface area contributed by atoms with Crippen LogP contribution in [0.25, 0.3) is 223 Å². The summed E-state index contributed by atoms with van der Waals surface area (Å²) in [5, 5.41) is 33.0. The fourth-order valence-corrected chi connectivity index (χ4v) is 19.2. The molecule has 2 aliphatic rings. The lowest BCUT2D eigenvalue weighted by atomic mass is 10.0. The summed E-state index contributed by atoms with van der Waals surface area (Å²) in [5.41, 5.74) is 27.9. The van der Waals surface area contributed by atoms with E-state index in [9.17, 15) is 26.0 Å². The van der Waals surface area contributed by atoms with Gasteiger partial charge in [0.05, 0.1) is 111 Å². The lowest BCUT2D eigenvalue weighted by Gasteiger charge is -2.29. The van der Waals surface area contributed by atoms with Crippen LogP contribution < -0.4 is 14.5 Å². The van der Waals surface area contributed by atoms with Crippen molar-refractivity contribution in [2.45, 2.75) is 38.9 Å². The molecule has 9 N–H and O–H groups in total. The van der Waals surface area contributed by atoms with Gasteiger partial charge in [-0.3, -0.25) is 65.3 Å².